The van der Waals surface area contributed by atoms with Gasteiger partial charge in [-0.15, -0.1) is 0 Å². The topological polar surface area (TPSA) is 32.3 Å². The highest BCUT2D eigenvalue weighted by atomic mass is 16.2. The van der Waals surface area contributed by atoms with E-state index in [1.807, 2.05) is 37.4 Å². The second-order valence-electron chi connectivity index (χ2n) is 6.73. The van der Waals surface area contributed by atoms with E-state index in [1.54, 1.807) is 4.90 Å². The summed E-state index contributed by atoms with van der Waals surface area (Å²) in [5.74, 6) is 0. The summed E-state index contributed by atoms with van der Waals surface area (Å²) in [6.07, 6.45) is 1.71. The molecule has 0 aliphatic rings. The number of nitrogens with zero attached hydrogens (tertiary/aromatic N) is 1. The number of carbonyl (C=O) groups excluding carboxylic acids is 1. The Hall–Kier alpha value is -2.29. The Labute approximate surface area is 152 Å². The van der Waals surface area contributed by atoms with E-state index in [2.05, 4.69) is 57.3 Å². The molecule has 0 aromatic heterocycles. The van der Waals surface area contributed by atoms with E-state index in [-0.39, 0.29) is 17.6 Å². The summed E-state index contributed by atoms with van der Waals surface area (Å²) >= 11 is 0. The number of carbonyl (C=O) groups is 1. The summed E-state index contributed by atoms with van der Waals surface area (Å²) in [5.41, 5.74) is 3.21. The fraction of sp³-hybridized carbons (Fsp3) is 0.409. The van der Waals surface area contributed by atoms with Crippen LogP contribution in [0.2, 0.25) is 0 Å². The summed E-state index contributed by atoms with van der Waals surface area (Å²) in [4.78, 5) is 14.8. The minimum atomic E-state index is -0.335. The average Bonchev–Trinajstić information content (AvgIpc) is 2.66. The van der Waals surface area contributed by atoms with E-state index in [4.69, 9.17) is 0 Å². The molecule has 0 spiro atoms. The minimum Gasteiger partial charge on any atom is -0.328 e. The van der Waals surface area contributed by atoms with Crippen molar-refractivity contribution in [3.63, 3.8) is 0 Å². The molecule has 0 aliphatic heterocycles. The molecule has 134 valence electrons. The van der Waals surface area contributed by atoms with Crippen molar-refractivity contribution < 1.29 is 4.79 Å². The Morgan fingerprint density at radius 1 is 1.04 bits per heavy atom. The van der Waals surface area contributed by atoms with Crippen LogP contribution in [0.3, 0.4) is 0 Å². The molecule has 0 heterocycles. The van der Waals surface area contributed by atoms with Gasteiger partial charge in [0.25, 0.3) is 0 Å². The summed E-state index contributed by atoms with van der Waals surface area (Å²) in [6.45, 7) is 8.41. The number of hydrogen-bond donors (Lipinski definition) is 1. The first-order valence-corrected chi connectivity index (χ1v) is 9.11. The van der Waals surface area contributed by atoms with Gasteiger partial charge in [0.1, 0.15) is 0 Å². The van der Waals surface area contributed by atoms with Crippen LogP contribution in [0, 0.1) is 6.92 Å². The molecule has 0 aliphatic carbocycles. The van der Waals surface area contributed by atoms with Crippen molar-refractivity contribution in [2.24, 2.45) is 0 Å². The SMILES string of the molecule is CCC(CC)(NC(=O)N(C)C(C)c1ccccc1C)c1ccccc1. The number of nitrogens with one attached hydrogen (secondary N) is 1. The van der Waals surface area contributed by atoms with E-state index < -0.39 is 0 Å². The van der Waals surface area contributed by atoms with Gasteiger partial charge in [-0.3, -0.25) is 0 Å². The van der Waals surface area contributed by atoms with Crippen LogP contribution in [-0.4, -0.2) is 18.0 Å². The quantitative estimate of drug-likeness (QED) is 0.750. The standard InChI is InChI=1S/C22H30N2O/c1-6-22(7-2,19-14-9-8-10-15-19)23-21(25)24(5)18(4)20-16-12-11-13-17(20)3/h8-16,18H,6-7H2,1-5H3,(H,23,25). The van der Waals surface area contributed by atoms with Crippen molar-refractivity contribution in [3.8, 4) is 0 Å². The maximum Gasteiger partial charge on any atom is 0.318 e. The lowest BCUT2D eigenvalue weighted by molar-refractivity contribution is 0.175. The van der Waals surface area contributed by atoms with Gasteiger partial charge >= 0.3 is 6.03 Å². The molecule has 1 unspecified atom stereocenters. The van der Waals surface area contributed by atoms with Crippen molar-refractivity contribution >= 4 is 6.03 Å². The Morgan fingerprint density at radius 3 is 2.16 bits per heavy atom. The predicted octanol–water partition coefficient (Wildman–Crippen LogP) is 5.41. The lowest BCUT2D eigenvalue weighted by atomic mass is 9.85. The summed E-state index contributed by atoms with van der Waals surface area (Å²) in [6, 6.07) is 18.5. The summed E-state index contributed by atoms with van der Waals surface area (Å²) in [5, 5.41) is 3.30. The molecule has 3 nitrogen and oxygen atoms in total. The maximum atomic E-state index is 13.0. The van der Waals surface area contributed by atoms with Gasteiger partial charge in [0.05, 0.1) is 11.6 Å². The van der Waals surface area contributed by atoms with Crippen LogP contribution in [0.5, 0.6) is 0 Å². The van der Waals surface area contributed by atoms with Gasteiger partial charge in [0, 0.05) is 7.05 Å². The van der Waals surface area contributed by atoms with Gasteiger partial charge in [-0.1, -0.05) is 68.4 Å². The molecule has 2 rings (SSSR count). The zero-order chi connectivity index (χ0) is 18.4. The molecule has 2 aromatic carbocycles. The molecule has 0 saturated carbocycles. The average molecular weight is 338 g/mol. The van der Waals surface area contributed by atoms with Crippen molar-refractivity contribution in [3.05, 3.63) is 71.3 Å². The highest BCUT2D eigenvalue weighted by Gasteiger charge is 2.32. The van der Waals surface area contributed by atoms with Gasteiger partial charge < -0.3 is 10.2 Å². The van der Waals surface area contributed by atoms with Crippen molar-refractivity contribution in [2.45, 2.75) is 52.1 Å². The molecule has 1 atom stereocenters. The van der Waals surface area contributed by atoms with Crippen molar-refractivity contribution in [1.29, 1.82) is 0 Å². The molecule has 0 radical (unpaired) electrons. The fourth-order valence-corrected chi connectivity index (χ4v) is 3.40. The van der Waals surface area contributed by atoms with Crippen LogP contribution in [0.4, 0.5) is 4.79 Å². The molecule has 3 heteroatoms. The lowest BCUT2D eigenvalue weighted by Gasteiger charge is -2.37. The first kappa shape index (κ1) is 19.0. The third-order valence-corrected chi connectivity index (χ3v) is 5.42. The Balaban J connectivity index is 2.22. The van der Waals surface area contributed by atoms with Crippen LogP contribution in [0.1, 0.15) is 56.3 Å². The second kappa shape index (κ2) is 8.19. The molecular weight excluding hydrogens is 308 g/mol. The largest absolute Gasteiger partial charge is 0.328 e. The molecule has 0 saturated heterocycles. The van der Waals surface area contributed by atoms with Crippen LogP contribution in [-0.2, 0) is 5.54 Å². The molecule has 1 N–H and O–H groups in total. The number of amides is 2. The molecular formula is C22H30N2O. The Kier molecular flexibility index (Phi) is 6.24. The number of benzene rings is 2. The maximum absolute atomic E-state index is 13.0. The zero-order valence-corrected chi connectivity index (χ0v) is 16.0. The van der Waals surface area contributed by atoms with E-state index in [1.165, 1.54) is 11.1 Å². The van der Waals surface area contributed by atoms with Gasteiger partial charge in [0.15, 0.2) is 0 Å². The summed E-state index contributed by atoms with van der Waals surface area (Å²) < 4.78 is 0. The predicted molar refractivity (Wildman–Crippen MR) is 105 cm³/mol. The highest BCUT2D eigenvalue weighted by molar-refractivity contribution is 5.75. The first-order valence-electron chi connectivity index (χ1n) is 9.11. The van der Waals surface area contributed by atoms with Crippen LogP contribution in [0.25, 0.3) is 0 Å². The first-order chi connectivity index (χ1) is 11.9. The molecule has 25 heavy (non-hydrogen) atoms. The van der Waals surface area contributed by atoms with E-state index >= 15 is 0 Å². The van der Waals surface area contributed by atoms with Gasteiger partial charge in [-0.2, -0.15) is 0 Å². The molecule has 2 aromatic rings. The van der Waals surface area contributed by atoms with Gasteiger partial charge in [-0.05, 0) is 43.4 Å². The van der Waals surface area contributed by atoms with Crippen LogP contribution >= 0.6 is 0 Å². The van der Waals surface area contributed by atoms with E-state index in [9.17, 15) is 4.79 Å². The van der Waals surface area contributed by atoms with Crippen LogP contribution in [0.15, 0.2) is 54.6 Å². The van der Waals surface area contributed by atoms with Crippen molar-refractivity contribution in [1.82, 2.24) is 10.2 Å². The molecule has 2 amide bonds. The van der Waals surface area contributed by atoms with Crippen molar-refractivity contribution in [2.75, 3.05) is 7.05 Å². The van der Waals surface area contributed by atoms with Gasteiger partial charge in [-0.25, -0.2) is 4.79 Å². The second-order valence-corrected chi connectivity index (χ2v) is 6.73. The van der Waals surface area contributed by atoms with E-state index in [0.29, 0.717) is 0 Å². The normalized spacial score (nSPS) is 12.5. The third kappa shape index (κ3) is 4.04. The Bertz CT molecular complexity index is 692. The molecule has 0 bridgehead atoms. The molecule has 0 fully saturated rings. The third-order valence-electron chi connectivity index (χ3n) is 5.42. The Morgan fingerprint density at radius 2 is 1.60 bits per heavy atom. The van der Waals surface area contributed by atoms with Gasteiger partial charge in [0.2, 0.25) is 0 Å². The number of rotatable bonds is 6. The monoisotopic (exact) mass is 338 g/mol. The van der Waals surface area contributed by atoms with Crippen LogP contribution < -0.4 is 5.32 Å². The highest BCUT2D eigenvalue weighted by Crippen LogP contribution is 2.30. The number of aryl methyl sites for hydroxylation is 1. The summed E-state index contributed by atoms with van der Waals surface area (Å²) in [7, 11) is 1.87. The fourth-order valence-electron chi connectivity index (χ4n) is 3.40. The van der Waals surface area contributed by atoms with E-state index in [0.717, 1.165) is 18.4 Å². The number of urea groups is 1. The number of hydrogen-bond acceptors (Lipinski definition) is 1. The minimum absolute atomic E-state index is 0.0170. The zero-order valence-electron chi connectivity index (χ0n) is 16.0. The lowest BCUT2D eigenvalue weighted by Crippen LogP contribution is -2.50. The smallest absolute Gasteiger partial charge is 0.318 e.